The van der Waals surface area contributed by atoms with Crippen molar-refractivity contribution in [3.8, 4) is 0 Å². The SMILES string of the molecule is C.C/C=C\C.COC(C)(C)C.NC1=CCC(c2nc3ncccc3o2)=CC(CN2CCN(C=O)CC2)=C1. The predicted octanol–water partition coefficient (Wildman–Crippen LogP) is 5.20. The number of nitrogens with two attached hydrogens (primary N) is 1. The minimum absolute atomic E-state index is 0. The van der Waals surface area contributed by atoms with Gasteiger partial charge in [0.2, 0.25) is 12.3 Å². The Bertz CT molecular complexity index is 1050. The number of hydrogen-bond donors (Lipinski definition) is 1. The number of rotatable bonds is 4. The molecule has 0 aromatic carbocycles. The third-order valence-corrected chi connectivity index (χ3v) is 5.62. The normalized spacial score (nSPS) is 16.3. The molecule has 4 rings (SSSR count). The first-order valence-electron chi connectivity index (χ1n) is 12.3. The van der Waals surface area contributed by atoms with Crippen molar-refractivity contribution in [3.63, 3.8) is 0 Å². The number of allylic oxidation sites excluding steroid dienone is 5. The first-order chi connectivity index (χ1) is 17.2. The van der Waals surface area contributed by atoms with Gasteiger partial charge in [-0.2, -0.15) is 4.98 Å². The fourth-order valence-electron chi connectivity index (χ4n) is 3.26. The number of ether oxygens (including phenoxy) is 1. The van der Waals surface area contributed by atoms with Crippen molar-refractivity contribution >= 4 is 23.2 Å². The highest BCUT2D eigenvalue weighted by Gasteiger charge is 2.18. The summed E-state index contributed by atoms with van der Waals surface area (Å²) in [5.41, 5.74) is 10.3. The van der Waals surface area contributed by atoms with Crippen LogP contribution >= 0.6 is 0 Å². The van der Waals surface area contributed by atoms with E-state index in [0.29, 0.717) is 23.5 Å². The second-order valence-electron chi connectivity index (χ2n) is 9.54. The van der Waals surface area contributed by atoms with Gasteiger partial charge in [0, 0.05) is 57.3 Å². The van der Waals surface area contributed by atoms with Crippen LogP contribution in [0.2, 0.25) is 0 Å². The number of oxazole rings is 1. The highest BCUT2D eigenvalue weighted by atomic mass is 16.5. The highest BCUT2D eigenvalue weighted by Crippen LogP contribution is 2.26. The lowest BCUT2D eigenvalue weighted by atomic mass is 10.1. The van der Waals surface area contributed by atoms with Gasteiger partial charge < -0.3 is 19.8 Å². The Morgan fingerprint density at radius 2 is 1.78 bits per heavy atom. The van der Waals surface area contributed by atoms with E-state index in [1.54, 1.807) is 18.2 Å². The number of nitrogens with zero attached hydrogens (tertiary/aromatic N) is 4. The molecule has 3 heterocycles. The summed E-state index contributed by atoms with van der Waals surface area (Å²) in [6.07, 6.45) is 13.4. The summed E-state index contributed by atoms with van der Waals surface area (Å²) < 4.78 is 10.8. The maximum atomic E-state index is 10.9. The summed E-state index contributed by atoms with van der Waals surface area (Å²) in [7, 11) is 1.71. The molecule has 0 spiro atoms. The van der Waals surface area contributed by atoms with E-state index >= 15 is 0 Å². The standard InChI is InChI=1S/C19H21N5O2.C5H12O.C4H8.CH4/c20-16-4-3-15(19-22-18-17(26-19)2-1-5-21-18)10-14(11-16)12-23-6-8-24(13-25)9-7-23;1-5(2,3)6-4;1-3-4-2;/h1-2,4-5,10-11,13H,3,6-9,12,20H2;1-4H3;3-4H,1-2H3;1H4/b;;4-3-;. The second-order valence-corrected chi connectivity index (χ2v) is 9.54. The number of fused-ring (bicyclic) bond motifs is 1. The van der Waals surface area contributed by atoms with E-state index in [1.807, 2.05) is 71.1 Å². The van der Waals surface area contributed by atoms with E-state index in [1.165, 1.54) is 0 Å². The Morgan fingerprint density at radius 1 is 1.14 bits per heavy atom. The van der Waals surface area contributed by atoms with E-state index in [9.17, 15) is 4.79 Å². The monoisotopic (exact) mass is 511 g/mol. The minimum atomic E-state index is 0. The van der Waals surface area contributed by atoms with Crippen molar-refractivity contribution in [2.45, 2.75) is 54.1 Å². The van der Waals surface area contributed by atoms with Gasteiger partial charge in [-0.15, -0.1) is 0 Å². The van der Waals surface area contributed by atoms with Gasteiger partial charge in [0.15, 0.2) is 11.2 Å². The van der Waals surface area contributed by atoms with E-state index in [0.717, 1.165) is 56.0 Å². The van der Waals surface area contributed by atoms with E-state index in [-0.39, 0.29) is 13.0 Å². The van der Waals surface area contributed by atoms with Gasteiger partial charge in [0.1, 0.15) is 0 Å². The van der Waals surface area contributed by atoms with Crippen molar-refractivity contribution < 1.29 is 13.9 Å². The van der Waals surface area contributed by atoms with Crippen LogP contribution in [0.15, 0.2) is 64.4 Å². The number of piperazine rings is 1. The van der Waals surface area contributed by atoms with Crippen LogP contribution in [-0.2, 0) is 9.53 Å². The molecule has 8 nitrogen and oxygen atoms in total. The molecule has 2 N–H and O–H groups in total. The molecule has 8 heteroatoms. The lowest BCUT2D eigenvalue weighted by Crippen LogP contribution is -2.46. The average molecular weight is 512 g/mol. The van der Waals surface area contributed by atoms with Gasteiger partial charge in [-0.25, -0.2) is 4.98 Å². The van der Waals surface area contributed by atoms with Crippen LogP contribution in [0.4, 0.5) is 0 Å². The maximum absolute atomic E-state index is 10.9. The van der Waals surface area contributed by atoms with Gasteiger partial charge in [-0.05, 0) is 70.9 Å². The first-order valence-corrected chi connectivity index (χ1v) is 12.3. The van der Waals surface area contributed by atoms with Crippen LogP contribution in [-0.4, -0.2) is 71.6 Å². The Hall–Kier alpha value is -3.23. The minimum Gasteiger partial charge on any atom is -0.435 e. The van der Waals surface area contributed by atoms with Gasteiger partial charge in [-0.1, -0.05) is 25.7 Å². The summed E-state index contributed by atoms with van der Waals surface area (Å²) in [6.45, 7) is 14.1. The molecule has 0 atom stereocenters. The molecule has 1 saturated heterocycles. The molecule has 1 aliphatic heterocycles. The molecule has 37 heavy (non-hydrogen) atoms. The van der Waals surface area contributed by atoms with Gasteiger partial charge in [-0.3, -0.25) is 9.69 Å². The number of amides is 1. The van der Waals surface area contributed by atoms with Crippen LogP contribution in [0.5, 0.6) is 0 Å². The van der Waals surface area contributed by atoms with Gasteiger partial charge in [0.25, 0.3) is 0 Å². The molecule has 0 unspecified atom stereocenters. The highest BCUT2D eigenvalue weighted by molar-refractivity contribution is 5.73. The van der Waals surface area contributed by atoms with Crippen molar-refractivity contribution in [2.75, 3.05) is 39.8 Å². The summed E-state index contributed by atoms with van der Waals surface area (Å²) in [6, 6.07) is 3.70. The van der Waals surface area contributed by atoms with Crippen LogP contribution in [0.1, 0.15) is 54.4 Å². The molecule has 0 bridgehead atoms. The van der Waals surface area contributed by atoms with Crippen LogP contribution in [0, 0.1) is 0 Å². The predicted molar refractivity (Wildman–Crippen MR) is 153 cm³/mol. The molecule has 0 saturated carbocycles. The lowest BCUT2D eigenvalue weighted by Gasteiger charge is -2.32. The molecule has 2 aromatic rings. The van der Waals surface area contributed by atoms with Crippen molar-refractivity contribution in [2.24, 2.45) is 5.73 Å². The van der Waals surface area contributed by atoms with Crippen LogP contribution < -0.4 is 5.73 Å². The maximum Gasteiger partial charge on any atom is 0.225 e. The van der Waals surface area contributed by atoms with Crippen LogP contribution in [0.25, 0.3) is 16.8 Å². The quantitative estimate of drug-likeness (QED) is 0.445. The largest absolute Gasteiger partial charge is 0.435 e. The second kappa shape index (κ2) is 15.8. The summed E-state index contributed by atoms with van der Waals surface area (Å²) in [5.74, 6) is 0.585. The zero-order valence-electron chi connectivity index (χ0n) is 22.5. The first kappa shape index (κ1) is 31.8. The van der Waals surface area contributed by atoms with Gasteiger partial charge in [0.05, 0.1) is 5.60 Å². The molecule has 1 amide bonds. The third kappa shape index (κ3) is 11.1. The lowest BCUT2D eigenvalue weighted by molar-refractivity contribution is -0.119. The Kier molecular flexibility index (Phi) is 13.6. The van der Waals surface area contributed by atoms with Crippen LogP contribution in [0.3, 0.4) is 0 Å². The molecule has 0 radical (unpaired) electrons. The molecule has 1 aliphatic carbocycles. The third-order valence-electron chi connectivity index (χ3n) is 5.62. The fraction of sp³-hybridized carbons (Fsp3) is 0.483. The van der Waals surface area contributed by atoms with Crippen molar-refractivity contribution in [3.05, 3.63) is 65.9 Å². The zero-order valence-corrected chi connectivity index (χ0v) is 22.5. The number of hydrogen-bond acceptors (Lipinski definition) is 7. The molecule has 2 aromatic heterocycles. The Balaban J connectivity index is 0.000000534. The van der Waals surface area contributed by atoms with E-state index in [4.69, 9.17) is 14.9 Å². The molecular formula is C29H45N5O3. The zero-order chi connectivity index (χ0) is 26.6. The summed E-state index contributed by atoms with van der Waals surface area (Å²) in [5, 5.41) is 0. The number of carbonyl (C=O) groups excluding carboxylic acids is 1. The van der Waals surface area contributed by atoms with Crippen molar-refractivity contribution in [1.82, 2.24) is 19.8 Å². The summed E-state index contributed by atoms with van der Waals surface area (Å²) in [4.78, 5) is 23.7. The molecule has 2 aliphatic rings. The molecular weight excluding hydrogens is 466 g/mol. The average Bonchev–Trinajstić information content (AvgIpc) is 3.22. The van der Waals surface area contributed by atoms with Crippen molar-refractivity contribution in [1.29, 1.82) is 0 Å². The number of carbonyl (C=O) groups is 1. The van der Waals surface area contributed by atoms with E-state index in [2.05, 4.69) is 20.9 Å². The number of aromatic nitrogens is 2. The van der Waals surface area contributed by atoms with Gasteiger partial charge >= 0.3 is 0 Å². The molecule has 204 valence electrons. The number of pyridine rings is 1. The Labute approximate surface area is 222 Å². The van der Waals surface area contributed by atoms with E-state index < -0.39 is 0 Å². The fourth-order valence-corrected chi connectivity index (χ4v) is 3.26. The topological polar surface area (TPSA) is 97.7 Å². The summed E-state index contributed by atoms with van der Waals surface area (Å²) >= 11 is 0. The Morgan fingerprint density at radius 3 is 2.32 bits per heavy atom. The molecule has 1 fully saturated rings. The number of methoxy groups -OCH3 is 1. The smallest absolute Gasteiger partial charge is 0.225 e.